The third-order valence-corrected chi connectivity index (χ3v) is 3.86. The van der Waals surface area contributed by atoms with Gasteiger partial charge in [0.05, 0.1) is 23.2 Å². The van der Waals surface area contributed by atoms with Gasteiger partial charge in [0.2, 0.25) is 0 Å². The van der Waals surface area contributed by atoms with Gasteiger partial charge in [-0.05, 0) is 0 Å². The lowest BCUT2D eigenvalue weighted by atomic mass is 10.1. The fraction of sp³-hybridized carbons (Fsp3) is 0.500. The molecule has 14 heavy (non-hydrogen) atoms. The lowest BCUT2D eigenvalue weighted by molar-refractivity contribution is 0.196. The van der Waals surface area contributed by atoms with Gasteiger partial charge in [-0.3, -0.25) is 4.79 Å². The molecule has 3 heterocycles. The van der Waals surface area contributed by atoms with Crippen molar-refractivity contribution in [2.75, 3.05) is 13.6 Å². The fourth-order valence-electron chi connectivity index (χ4n) is 2.11. The first kappa shape index (κ1) is 8.05. The predicted molar refractivity (Wildman–Crippen MR) is 51.2 cm³/mol. The van der Waals surface area contributed by atoms with E-state index >= 15 is 0 Å². The summed E-state index contributed by atoms with van der Waals surface area (Å²) < 4.78 is 0. The summed E-state index contributed by atoms with van der Waals surface area (Å²) >= 11 is 1.22. The molecule has 1 N–H and O–H groups in total. The summed E-state index contributed by atoms with van der Waals surface area (Å²) in [5.41, 5.74) is 0.911. The molecule has 0 saturated carbocycles. The van der Waals surface area contributed by atoms with Gasteiger partial charge in [-0.15, -0.1) is 0 Å². The van der Waals surface area contributed by atoms with E-state index in [0.29, 0.717) is 6.54 Å². The van der Waals surface area contributed by atoms with Crippen molar-refractivity contribution in [3.63, 3.8) is 0 Å². The second-order valence-electron chi connectivity index (χ2n) is 3.65. The number of amides is 2. The van der Waals surface area contributed by atoms with Crippen molar-refractivity contribution in [3.05, 3.63) is 20.2 Å². The van der Waals surface area contributed by atoms with Gasteiger partial charge in [0, 0.05) is 13.6 Å². The van der Waals surface area contributed by atoms with E-state index in [-0.39, 0.29) is 16.9 Å². The maximum atomic E-state index is 11.6. The molecule has 2 amide bonds. The molecule has 2 bridgehead atoms. The Hall–Kier alpha value is -1.30. The maximum absolute atomic E-state index is 11.6. The number of likely N-dealkylation sites (N-methyl/N-ethyl adjacent to an activating group) is 1. The van der Waals surface area contributed by atoms with Crippen molar-refractivity contribution < 1.29 is 4.79 Å². The van der Waals surface area contributed by atoms with Gasteiger partial charge >= 0.3 is 10.9 Å². The monoisotopic (exact) mass is 211 g/mol. The second-order valence-corrected chi connectivity index (χ2v) is 4.66. The summed E-state index contributed by atoms with van der Waals surface area (Å²) in [6.45, 7) is 1.27. The Morgan fingerprint density at radius 3 is 3.07 bits per heavy atom. The Bertz CT molecular complexity index is 459. The lowest BCUT2D eigenvalue weighted by Gasteiger charge is -2.20. The molecule has 0 aromatic carbocycles. The summed E-state index contributed by atoms with van der Waals surface area (Å²) in [7, 11) is 1.78. The molecule has 1 saturated heterocycles. The van der Waals surface area contributed by atoms with Crippen LogP contribution in [0.5, 0.6) is 0 Å². The molecule has 2 aliphatic rings. The number of nitrogens with zero attached hydrogens (tertiary/aromatic N) is 2. The number of aromatic amines is 1. The van der Waals surface area contributed by atoms with E-state index in [1.165, 1.54) is 11.3 Å². The highest BCUT2D eigenvalue weighted by molar-refractivity contribution is 7.09. The highest BCUT2D eigenvalue weighted by atomic mass is 32.1. The highest BCUT2D eigenvalue weighted by Gasteiger charge is 2.42. The lowest BCUT2D eigenvalue weighted by Crippen LogP contribution is -2.28. The van der Waals surface area contributed by atoms with E-state index in [4.69, 9.17) is 0 Å². The van der Waals surface area contributed by atoms with Crippen molar-refractivity contribution >= 4 is 17.4 Å². The van der Waals surface area contributed by atoms with Crippen LogP contribution in [0.25, 0.3) is 0 Å². The molecule has 74 valence electrons. The van der Waals surface area contributed by atoms with E-state index < -0.39 is 0 Å². The smallest absolute Gasteiger partial charge is 0.318 e. The van der Waals surface area contributed by atoms with Crippen LogP contribution in [0.15, 0.2) is 4.79 Å². The molecule has 0 radical (unpaired) electrons. The Labute approximate surface area is 83.9 Å². The van der Waals surface area contributed by atoms with Crippen molar-refractivity contribution in [3.8, 4) is 0 Å². The topological polar surface area (TPSA) is 56.4 Å². The number of nitrogens with one attached hydrogen (secondary N) is 1. The zero-order valence-electron chi connectivity index (χ0n) is 7.61. The third kappa shape index (κ3) is 0.836. The average Bonchev–Trinajstić information content (AvgIpc) is 2.62. The van der Waals surface area contributed by atoms with Gasteiger partial charge in [0.25, 0.3) is 0 Å². The first-order valence-electron chi connectivity index (χ1n) is 4.40. The minimum Gasteiger partial charge on any atom is -0.318 e. The normalized spacial score (nSPS) is 24.4. The number of aromatic nitrogens is 1. The molecular formula is C8H9N3O2S. The Morgan fingerprint density at radius 2 is 2.29 bits per heavy atom. The number of hydrogen-bond acceptors (Lipinski definition) is 3. The van der Waals surface area contributed by atoms with Gasteiger partial charge in [-0.2, -0.15) is 0 Å². The van der Waals surface area contributed by atoms with Gasteiger partial charge in [-0.25, -0.2) is 4.79 Å². The second kappa shape index (κ2) is 2.38. The van der Waals surface area contributed by atoms with Crippen molar-refractivity contribution in [1.82, 2.24) is 14.8 Å². The molecule has 6 heteroatoms. The molecule has 0 spiro atoms. The van der Waals surface area contributed by atoms with Crippen molar-refractivity contribution in [2.45, 2.75) is 12.6 Å². The Balaban J connectivity index is 2.17. The van der Waals surface area contributed by atoms with Crippen LogP contribution < -0.4 is 4.87 Å². The van der Waals surface area contributed by atoms with E-state index in [1.54, 1.807) is 16.8 Å². The van der Waals surface area contributed by atoms with Gasteiger partial charge < -0.3 is 14.8 Å². The van der Waals surface area contributed by atoms with Crippen LogP contribution in [0.3, 0.4) is 0 Å². The molecule has 0 aliphatic carbocycles. The largest absolute Gasteiger partial charge is 0.320 e. The van der Waals surface area contributed by atoms with Gasteiger partial charge in [0.1, 0.15) is 0 Å². The number of rotatable bonds is 0. The third-order valence-electron chi connectivity index (χ3n) is 2.84. The quantitative estimate of drug-likeness (QED) is 0.673. The SMILES string of the molecule is CN1C(=O)N2Cc3[nH]c(=O)sc3[C@@H]1C2. The van der Waals surface area contributed by atoms with Crippen LogP contribution in [0, 0.1) is 0 Å². The standard InChI is InChI=1S/C8H9N3O2S/c1-10-5-3-11(8(10)13)2-4-6(5)14-7(12)9-4/h5H,2-3H2,1H3,(H,9,12)/t5-/m0/s1. The van der Waals surface area contributed by atoms with Crippen LogP contribution in [0.2, 0.25) is 0 Å². The van der Waals surface area contributed by atoms with Crippen LogP contribution >= 0.6 is 11.3 Å². The summed E-state index contributed by atoms with van der Waals surface area (Å²) in [4.78, 5) is 30.0. The van der Waals surface area contributed by atoms with Crippen molar-refractivity contribution in [1.29, 1.82) is 0 Å². The maximum Gasteiger partial charge on any atom is 0.320 e. The molecule has 1 atom stereocenters. The summed E-state index contributed by atoms with van der Waals surface area (Å²) in [6.07, 6.45) is 0. The van der Waals surface area contributed by atoms with Crippen LogP contribution in [-0.2, 0) is 6.54 Å². The molecule has 5 nitrogen and oxygen atoms in total. The summed E-state index contributed by atoms with van der Waals surface area (Å²) in [5.74, 6) is 0. The van der Waals surface area contributed by atoms with Crippen molar-refractivity contribution in [2.24, 2.45) is 0 Å². The molecule has 3 rings (SSSR count). The predicted octanol–water partition coefficient (Wildman–Crippen LogP) is 0.359. The first-order valence-corrected chi connectivity index (χ1v) is 5.22. The number of carbonyl (C=O) groups is 1. The van der Waals surface area contributed by atoms with E-state index in [0.717, 1.165) is 17.1 Å². The minimum atomic E-state index is -0.0235. The Morgan fingerprint density at radius 1 is 1.50 bits per heavy atom. The molecule has 1 aromatic rings. The van der Waals surface area contributed by atoms with Crippen LogP contribution in [0.1, 0.15) is 16.6 Å². The number of H-pyrrole nitrogens is 1. The zero-order chi connectivity index (χ0) is 9.87. The van der Waals surface area contributed by atoms with Crippen LogP contribution in [0.4, 0.5) is 4.79 Å². The Kier molecular flexibility index (Phi) is 1.37. The molecular weight excluding hydrogens is 202 g/mol. The minimum absolute atomic E-state index is 0.0235. The van der Waals surface area contributed by atoms with E-state index in [2.05, 4.69) is 4.98 Å². The number of thiazole rings is 1. The van der Waals surface area contributed by atoms with E-state index in [1.807, 2.05) is 0 Å². The highest BCUT2D eigenvalue weighted by Crippen LogP contribution is 2.36. The summed E-state index contributed by atoms with van der Waals surface area (Å²) in [6, 6.07) is 0.134. The van der Waals surface area contributed by atoms with Gasteiger partial charge in [0.15, 0.2) is 0 Å². The first-order chi connectivity index (χ1) is 6.66. The van der Waals surface area contributed by atoms with Gasteiger partial charge in [-0.1, -0.05) is 11.3 Å². The molecule has 0 unspecified atom stereocenters. The van der Waals surface area contributed by atoms with E-state index in [9.17, 15) is 9.59 Å². The number of urea groups is 1. The van der Waals surface area contributed by atoms with Crippen LogP contribution in [-0.4, -0.2) is 34.4 Å². The number of carbonyl (C=O) groups excluding carboxylic acids is 1. The molecule has 1 fully saturated rings. The molecule has 1 aromatic heterocycles. The zero-order valence-corrected chi connectivity index (χ0v) is 8.43. The average molecular weight is 211 g/mol. The number of fused-ring (bicyclic) bond motifs is 4. The fourth-order valence-corrected chi connectivity index (χ4v) is 3.09. The summed E-state index contributed by atoms with van der Waals surface area (Å²) in [5, 5.41) is 0. The number of hydrogen-bond donors (Lipinski definition) is 1. The molecule has 2 aliphatic heterocycles.